The van der Waals surface area contributed by atoms with E-state index < -0.39 is 0 Å². The van der Waals surface area contributed by atoms with Crippen molar-refractivity contribution in [1.82, 2.24) is 15.0 Å². The molecule has 0 fully saturated rings. The zero-order valence-corrected chi connectivity index (χ0v) is 10.5. The van der Waals surface area contributed by atoms with Gasteiger partial charge in [0.25, 0.3) is 0 Å². The minimum absolute atomic E-state index is 0.267. The average molecular weight is 235 g/mol. The predicted octanol–water partition coefficient (Wildman–Crippen LogP) is 2.94. The Bertz CT molecular complexity index is 412. The normalized spacial score (nSPS) is 11.3. The summed E-state index contributed by atoms with van der Waals surface area (Å²) in [5, 5.41) is 0. The van der Waals surface area contributed by atoms with Crippen molar-refractivity contribution in [3.05, 3.63) is 36.4 Å². The molecule has 92 valence electrons. The van der Waals surface area contributed by atoms with Crippen LogP contribution >= 0.6 is 0 Å². The lowest BCUT2D eigenvalue weighted by atomic mass is 10.4. The van der Waals surface area contributed by atoms with E-state index in [9.17, 15) is 0 Å². The smallest absolute Gasteiger partial charge is 0.235 e. The molecule has 0 aliphatic rings. The molecule has 0 aliphatic carbocycles. The second-order valence-electron chi connectivity index (χ2n) is 3.13. The van der Waals surface area contributed by atoms with Gasteiger partial charge in [0.05, 0.1) is 24.3 Å². The van der Waals surface area contributed by atoms with Crippen LogP contribution in [0.3, 0.4) is 0 Å². The van der Waals surface area contributed by atoms with Crippen molar-refractivity contribution < 1.29 is 9.15 Å². The Morgan fingerprint density at radius 3 is 2.47 bits per heavy atom. The van der Waals surface area contributed by atoms with Crippen LogP contribution in [0, 0.1) is 6.92 Å². The van der Waals surface area contributed by atoms with Crippen molar-refractivity contribution in [2.75, 3.05) is 0 Å². The Morgan fingerprint density at radius 2 is 1.94 bits per heavy atom. The van der Waals surface area contributed by atoms with Crippen molar-refractivity contribution in [3.8, 4) is 5.88 Å². The van der Waals surface area contributed by atoms with E-state index >= 15 is 0 Å². The Balaban J connectivity index is 0.000000686. The molecule has 0 amide bonds. The topological polar surface area (TPSA) is 61.0 Å². The predicted molar refractivity (Wildman–Crippen MR) is 63.7 cm³/mol. The van der Waals surface area contributed by atoms with Crippen LogP contribution in [0.4, 0.5) is 0 Å². The van der Waals surface area contributed by atoms with Gasteiger partial charge in [-0.05, 0) is 13.8 Å². The molecule has 2 aromatic rings. The van der Waals surface area contributed by atoms with E-state index in [1.54, 1.807) is 18.6 Å². The maximum absolute atomic E-state index is 5.48. The fourth-order valence-corrected chi connectivity index (χ4v) is 1.11. The first-order valence-electron chi connectivity index (χ1n) is 5.60. The van der Waals surface area contributed by atoms with Gasteiger partial charge in [-0.2, -0.15) is 0 Å². The fraction of sp³-hybridized carbons (Fsp3) is 0.417. The number of hydrogen-bond acceptors (Lipinski definition) is 5. The number of aromatic nitrogens is 3. The van der Waals surface area contributed by atoms with E-state index in [4.69, 9.17) is 9.15 Å². The molecular weight excluding hydrogens is 218 g/mol. The zero-order chi connectivity index (χ0) is 12.7. The van der Waals surface area contributed by atoms with Gasteiger partial charge in [-0.3, -0.25) is 4.98 Å². The van der Waals surface area contributed by atoms with Gasteiger partial charge in [-0.25, -0.2) is 9.97 Å². The molecule has 2 rings (SSSR count). The van der Waals surface area contributed by atoms with Gasteiger partial charge < -0.3 is 9.15 Å². The Morgan fingerprint density at radius 1 is 1.18 bits per heavy atom. The fourth-order valence-electron chi connectivity index (χ4n) is 1.11. The first-order chi connectivity index (χ1) is 8.25. The van der Waals surface area contributed by atoms with Gasteiger partial charge >= 0.3 is 0 Å². The van der Waals surface area contributed by atoms with E-state index in [0.29, 0.717) is 11.8 Å². The quantitative estimate of drug-likeness (QED) is 0.818. The Hall–Kier alpha value is -1.91. The summed E-state index contributed by atoms with van der Waals surface area (Å²) in [5.74, 6) is 0.990. The molecule has 0 bridgehead atoms. The SMILES string of the molecule is CC.Cc1cnc(OC(C)c2ncco2)cn1. The Labute approximate surface area is 101 Å². The number of ether oxygens (including phenoxy) is 1. The summed E-state index contributed by atoms with van der Waals surface area (Å²) in [5.41, 5.74) is 0.853. The van der Waals surface area contributed by atoms with E-state index in [1.165, 1.54) is 6.26 Å². The molecule has 0 aromatic carbocycles. The molecular formula is C12H17N3O2. The van der Waals surface area contributed by atoms with Gasteiger partial charge in [0.1, 0.15) is 6.26 Å². The molecule has 2 aromatic heterocycles. The third kappa shape index (κ3) is 3.86. The third-order valence-electron chi connectivity index (χ3n) is 1.85. The summed E-state index contributed by atoms with van der Waals surface area (Å²) in [6, 6.07) is 0. The molecule has 0 saturated carbocycles. The molecule has 17 heavy (non-hydrogen) atoms. The first-order valence-corrected chi connectivity index (χ1v) is 5.60. The van der Waals surface area contributed by atoms with Crippen LogP contribution < -0.4 is 4.74 Å². The zero-order valence-electron chi connectivity index (χ0n) is 10.5. The van der Waals surface area contributed by atoms with Gasteiger partial charge in [-0.1, -0.05) is 13.8 Å². The van der Waals surface area contributed by atoms with Crippen molar-refractivity contribution in [1.29, 1.82) is 0 Å². The minimum atomic E-state index is -0.267. The standard InChI is InChI=1S/C10H11N3O2.C2H6/c1-7-5-13-9(6-12-7)15-8(2)10-11-3-4-14-10;1-2/h3-6,8H,1-2H3;1-2H3. The lowest BCUT2D eigenvalue weighted by molar-refractivity contribution is 0.180. The highest BCUT2D eigenvalue weighted by Gasteiger charge is 2.12. The minimum Gasteiger partial charge on any atom is -0.464 e. The molecule has 0 spiro atoms. The van der Waals surface area contributed by atoms with Crippen LogP contribution in [-0.2, 0) is 0 Å². The Kier molecular flexibility index (Phi) is 5.13. The number of aryl methyl sites for hydroxylation is 1. The number of nitrogens with zero attached hydrogens (tertiary/aromatic N) is 3. The molecule has 0 N–H and O–H groups in total. The molecule has 2 heterocycles. The summed E-state index contributed by atoms with van der Waals surface area (Å²) in [6.45, 7) is 7.71. The van der Waals surface area contributed by atoms with E-state index in [0.717, 1.165) is 5.69 Å². The van der Waals surface area contributed by atoms with Crippen LogP contribution in [0.1, 0.15) is 38.5 Å². The van der Waals surface area contributed by atoms with Crippen molar-refractivity contribution in [2.24, 2.45) is 0 Å². The third-order valence-corrected chi connectivity index (χ3v) is 1.85. The second-order valence-corrected chi connectivity index (χ2v) is 3.13. The lowest BCUT2D eigenvalue weighted by Crippen LogP contribution is -2.04. The summed E-state index contributed by atoms with van der Waals surface area (Å²) >= 11 is 0. The molecule has 1 atom stereocenters. The highest BCUT2D eigenvalue weighted by Crippen LogP contribution is 2.17. The van der Waals surface area contributed by atoms with E-state index in [-0.39, 0.29) is 6.10 Å². The highest BCUT2D eigenvalue weighted by molar-refractivity contribution is 5.07. The van der Waals surface area contributed by atoms with Crippen LogP contribution in [0.15, 0.2) is 29.3 Å². The first kappa shape index (κ1) is 13.2. The monoisotopic (exact) mass is 235 g/mol. The van der Waals surface area contributed by atoms with Gasteiger partial charge in [0.15, 0.2) is 6.10 Å². The molecule has 0 saturated heterocycles. The molecule has 1 unspecified atom stereocenters. The summed E-state index contributed by atoms with van der Waals surface area (Å²) < 4.78 is 10.6. The van der Waals surface area contributed by atoms with E-state index in [1.807, 2.05) is 27.7 Å². The van der Waals surface area contributed by atoms with Crippen LogP contribution in [0.2, 0.25) is 0 Å². The lowest BCUT2D eigenvalue weighted by Gasteiger charge is -2.09. The van der Waals surface area contributed by atoms with Crippen molar-refractivity contribution in [3.63, 3.8) is 0 Å². The molecule has 5 nitrogen and oxygen atoms in total. The van der Waals surface area contributed by atoms with Crippen molar-refractivity contribution >= 4 is 0 Å². The highest BCUT2D eigenvalue weighted by atomic mass is 16.5. The summed E-state index contributed by atoms with van der Waals surface area (Å²) in [6.07, 6.45) is 6.05. The molecule has 5 heteroatoms. The number of rotatable bonds is 3. The summed E-state index contributed by atoms with van der Waals surface area (Å²) in [7, 11) is 0. The van der Waals surface area contributed by atoms with Crippen LogP contribution in [-0.4, -0.2) is 15.0 Å². The second kappa shape index (κ2) is 6.62. The van der Waals surface area contributed by atoms with E-state index in [2.05, 4.69) is 15.0 Å². The maximum atomic E-state index is 5.48. The molecule has 0 aliphatic heterocycles. The van der Waals surface area contributed by atoms with Crippen LogP contribution in [0.25, 0.3) is 0 Å². The van der Waals surface area contributed by atoms with Gasteiger partial charge in [0.2, 0.25) is 11.8 Å². The number of hydrogen-bond donors (Lipinski definition) is 0. The molecule has 0 radical (unpaired) electrons. The average Bonchev–Trinajstić information content (AvgIpc) is 2.88. The summed E-state index contributed by atoms with van der Waals surface area (Å²) in [4.78, 5) is 12.1. The van der Waals surface area contributed by atoms with Crippen molar-refractivity contribution in [2.45, 2.75) is 33.8 Å². The van der Waals surface area contributed by atoms with Gasteiger partial charge in [-0.15, -0.1) is 0 Å². The number of oxazole rings is 1. The largest absolute Gasteiger partial charge is 0.464 e. The van der Waals surface area contributed by atoms with Gasteiger partial charge in [0, 0.05) is 0 Å². The van der Waals surface area contributed by atoms with Crippen LogP contribution in [0.5, 0.6) is 5.88 Å². The maximum Gasteiger partial charge on any atom is 0.235 e.